The zero-order valence-electron chi connectivity index (χ0n) is 15.3. The van der Waals surface area contributed by atoms with Crippen LogP contribution >= 0.6 is 11.6 Å². The van der Waals surface area contributed by atoms with Crippen LogP contribution in [0.3, 0.4) is 0 Å². The summed E-state index contributed by atoms with van der Waals surface area (Å²) in [6, 6.07) is 7.17. The van der Waals surface area contributed by atoms with Gasteiger partial charge < -0.3 is 0 Å². The van der Waals surface area contributed by atoms with Crippen molar-refractivity contribution in [3.8, 4) is 11.1 Å². The topological polar surface area (TPSA) is 0 Å². The molecule has 0 heterocycles. The summed E-state index contributed by atoms with van der Waals surface area (Å²) in [5.74, 6) is -0.428. The van der Waals surface area contributed by atoms with E-state index in [1.54, 1.807) is 6.07 Å². The van der Waals surface area contributed by atoms with E-state index < -0.39 is 17.8 Å². The van der Waals surface area contributed by atoms with Crippen LogP contribution in [-0.2, 0) is 0 Å². The molecular formula is C22H20ClF5. The van der Waals surface area contributed by atoms with Gasteiger partial charge in [-0.05, 0) is 60.1 Å². The highest BCUT2D eigenvalue weighted by Gasteiger charge is 2.23. The Balaban J connectivity index is 1.88. The van der Waals surface area contributed by atoms with Crippen molar-refractivity contribution >= 4 is 17.7 Å². The fourth-order valence-corrected chi connectivity index (χ4v) is 3.96. The molecule has 0 aliphatic heterocycles. The maximum atomic E-state index is 14.7. The predicted molar refractivity (Wildman–Crippen MR) is 102 cm³/mol. The van der Waals surface area contributed by atoms with Gasteiger partial charge in [0.1, 0.15) is 11.6 Å². The third-order valence-electron chi connectivity index (χ3n) is 5.31. The highest BCUT2D eigenvalue weighted by atomic mass is 35.5. The van der Waals surface area contributed by atoms with E-state index in [1.807, 2.05) is 6.07 Å². The summed E-state index contributed by atoms with van der Waals surface area (Å²) in [6.45, 7) is 2.21. The lowest BCUT2D eigenvalue weighted by Crippen LogP contribution is -2.11. The number of rotatable bonds is 3. The molecule has 2 aromatic rings. The Morgan fingerprint density at radius 1 is 0.964 bits per heavy atom. The minimum Gasteiger partial charge on any atom is -0.206 e. The van der Waals surface area contributed by atoms with Crippen molar-refractivity contribution in [3.63, 3.8) is 0 Å². The molecule has 0 radical (unpaired) electrons. The number of hydrogen-bond donors (Lipinski definition) is 0. The molecule has 0 saturated heterocycles. The van der Waals surface area contributed by atoms with Crippen molar-refractivity contribution in [1.29, 1.82) is 0 Å². The first-order chi connectivity index (χ1) is 13.1. The van der Waals surface area contributed by atoms with Gasteiger partial charge in [0.2, 0.25) is 0 Å². The number of alkyl halides is 3. The first-order valence-electron chi connectivity index (χ1n) is 9.19. The average molecular weight is 415 g/mol. The molecule has 0 N–H and O–H groups in total. The van der Waals surface area contributed by atoms with E-state index in [1.165, 1.54) is 12.1 Å². The third-order valence-corrected chi connectivity index (χ3v) is 5.62. The van der Waals surface area contributed by atoms with E-state index in [2.05, 4.69) is 6.92 Å². The van der Waals surface area contributed by atoms with Crippen molar-refractivity contribution in [3.05, 3.63) is 64.2 Å². The van der Waals surface area contributed by atoms with Crippen molar-refractivity contribution in [2.75, 3.05) is 0 Å². The highest BCUT2D eigenvalue weighted by Crippen LogP contribution is 2.38. The molecule has 1 saturated carbocycles. The van der Waals surface area contributed by atoms with Crippen LogP contribution in [0.4, 0.5) is 22.0 Å². The van der Waals surface area contributed by atoms with Gasteiger partial charge in [-0.15, -0.1) is 0 Å². The van der Waals surface area contributed by atoms with Crippen LogP contribution in [0.15, 0.2) is 36.4 Å². The van der Waals surface area contributed by atoms with E-state index in [0.717, 1.165) is 37.3 Å². The Bertz CT molecular complexity index is 854. The van der Waals surface area contributed by atoms with Gasteiger partial charge in [-0.25, -0.2) is 8.78 Å². The van der Waals surface area contributed by atoms with Crippen LogP contribution in [0.25, 0.3) is 17.2 Å². The molecule has 0 aromatic heterocycles. The van der Waals surface area contributed by atoms with Gasteiger partial charge in [0.15, 0.2) is 0 Å². The first kappa shape index (κ1) is 20.8. The maximum absolute atomic E-state index is 14.7. The molecule has 0 spiro atoms. The van der Waals surface area contributed by atoms with Gasteiger partial charge in [0.25, 0.3) is 0 Å². The smallest absolute Gasteiger partial charge is 0.206 e. The number of halogens is 6. The van der Waals surface area contributed by atoms with E-state index in [9.17, 15) is 22.0 Å². The number of allylic oxidation sites excluding steroid dienone is 1. The van der Waals surface area contributed by atoms with Crippen molar-refractivity contribution in [2.45, 2.75) is 44.7 Å². The van der Waals surface area contributed by atoms with Gasteiger partial charge >= 0.3 is 6.18 Å². The lowest BCUT2D eigenvalue weighted by atomic mass is 9.79. The van der Waals surface area contributed by atoms with Crippen molar-refractivity contribution in [2.24, 2.45) is 5.92 Å². The second-order valence-corrected chi connectivity index (χ2v) is 7.83. The normalized spacial score (nSPS) is 20.7. The molecule has 0 unspecified atom stereocenters. The first-order valence-corrected chi connectivity index (χ1v) is 9.56. The standard InChI is InChI=1S/C22H20ClF5/c1-13-2-4-14(5-3-13)15-6-7-17(20(24)11-15)16-10-19(23)18(21(25)12-16)8-9-22(26,27)28/h6-14H,2-5H2,1H3/b9-8+. The lowest BCUT2D eigenvalue weighted by Gasteiger charge is -2.26. The molecule has 1 aliphatic rings. The van der Waals surface area contributed by atoms with Gasteiger partial charge in [0, 0.05) is 17.2 Å². The van der Waals surface area contributed by atoms with Crippen LogP contribution in [0, 0.1) is 17.6 Å². The Hall–Kier alpha value is -1.88. The maximum Gasteiger partial charge on any atom is 0.409 e. The van der Waals surface area contributed by atoms with Crippen molar-refractivity contribution in [1.82, 2.24) is 0 Å². The monoisotopic (exact) mass is 414 g/mol. The summed E-state index contributed by atoms with van der Waals surface area (Å²) in [5.41, 5.74) is 0.897. The summed E-state index contributed by atoms with van der Waals surface area (Å²) in [7, 11) is 0. The molecule has 0 amide bonds. The third kappa shape index (κ3) is 4.93. The molecular weight excluding hydrogens is 395 g/mol. The molecule has 0 nitrogen and oxygen atoms in total. The Morgan fingerprint density at radius 3 is 2.21 bits per heavy atom. The van der Waals surface area contributed by atoms with E-state index in [0.29, 0.717) is 17.9 Å². The van der Waals surface area contributed by atoms with Gasteiger partial charge in [-0.2, -0.15) is 13.2 Å². The van der Waals surface area contributed by atoms with Crippen LogP contribution in [0.2, 0.25) is 5.02 Å². The molecule has 1 aliphatic carbocycles. The van der Waals surface area contributed by atoms with E-state index in [4.69, 9.17) is 11.6 Å². The van der Waals surface area contributed by atoms with Gasteiger partial charge in [-0.3, -0.25) is 0 Å². The highest BCUT2D eigenvalue weighted by molar-refractivity contribution is 6.32. The summed E-state index contributed by atoms with van der Waals surface area (Å²) in [6.07, 6.45) is 0.167. The molecule has 1 fully saturated rings. The van der Waals surface area contributed by atoms with E-state index in [-0.39, 0.29) is 27.8 Å². The van der Waals surface area contributed by atoms with Crippen LogP contribution < -0.4 is 0 Å². The SMILES string of the molecule is CC1CCC(c2ccc(-c3cc(F)c(/C=C/C(F)(F)F)c(Cl)c3)c(F)c2)CC1. The van der Waals surface area contributed by atoms with Gasteiger partial charge in [0.05, 0.1) is 5.02 Å². The second-order valence-electron chi connectivity index (χ2n) is 7.42. The molecule has 2 aromatic carbocycles. The number of hydrogen-bond acceptors (Lipinski definition) is 0. The summed E-state index contributed by atoms with van der Waals surface area (Å²) in [4.78, 5) is 0. The van der Waals surface area contributed by atoms with Crippen LogP contribution in [-0.4, -0.2) is 6.18 Å². The van der Waals surface area contributed by atoms with E-state index >= 15 is 0 Å². The fourth-order valence-electron chi connectivity index (χ4n) is 3.69. The average Bonchev–Trinajstić information content (AvgIpc) is 2.60. The minimum atomic E-state index is -4.58. The number of benzene rings is 2. The largest absolute Gasteiger partial charge is 0.409 e. The summed E-state index contributed by atoms with van der Waals surface area (Å²) < 4.78 is 65.9. The Labute approximate surface area is 166 Å². The predicted octanol–water partition coefficient (Wildman–Crippen LogP) is 8.15. The second kappa shape index (κ2) is 8.24. The molecule has 6 heteroatoms. The Morgan fingerprint density at radius 2 is 1.64 bits per heavy atom. The van der Waals surface area contributed by atoms with Gasteiger partial charge in [-0.1, -0.05) is 43.5 Å². The quantitative estimate of drug-likeness (QED) is 0.444. The molecule has 3 rings (SSSR count). The molecule has 28 heavy (non-hydrogen) atoms. The lowest BCUT2D eigenvalue weighted by molar-refractivity contribution is -0.0790. The van der Waals surface area contributed by atoms with Crippen LogP contribution in [0.5, 0.6) is 0 Å². The summed E-state index contributed by atoms with van der Waals surface area (Å²) in [5, 5.41) is -0.208. The van der Waals surface area contributed by atoms with Crippen LogP contribution in [0.1, 0.15) is 49.7 Å². The molecule has 0 bridgehead atoms. The fraction of sp³-hybridized carbons (Fsp3) is 0.364. The zero-order chi connectivity index (χ0) is 20.5. The Kier molecular flexibility index (Phi) is 6.13. The van der Waals surface area contributed by atoms with Crippen molar-refractivity contribution < 1.29 is 22.0 Å². The summed E-state index contributed by atoms with van der Waals surface area (Å²) >= 11 is 5.95. The zero-order valence-corrected chi connectivity index (χ0v) is 16.0. The molecule has 0 atom stereocenters. The molecule has 150 valence electrons. The minimum absolute atomic E-state index is 0.0859.